The second-order valence-electron chi connectivity index (χ2n) is 8.33. The number of thiazole rings is 1. The van der Waals surface area contributed by atoms with E-state index in [9.17, 15) is 14.4 Å². The second-order valence-corrected chi connectivity index (χ2v) is 9.19. The predicted octanol–water partition coefficient (Wildman–Crippen LogP) is 2.69. The van der Waals surface area contributed by atoms with E-state index in [1.807, 2.05) is 35.7 Å². The first kappa shape index (κ1) is 25.3. The number of nitrogens with one attached hydrogen (secondary N) is 2. The Morgan fingerprint density at radius 1 is 1.03 bits per heavy atom. The first-order chi connectivity index (χ1) is 17.6. The zero-order valence-electron chi connectivity index (χ0n) is 19.9. The molecule has 2 N–H and O–H groups in total. The van der Waals surface area contributed by atoms with Crippen LogP contribution in [0.5, 0.6) is 5.75 Å². The number of rotatable bonds is 3. The van der Waals surface area contributed by atoms with Crippen LogP contribution in [0.2, 0.25) is 0 Å². The highest BCUT2D eigenvalue weighted by molar-refractivity contribution is 7.13. The van der Waals surface area contributed by atoms with Gasteiger partial charge in [0.25, 0.3) is 5.91 Å². The molecule has 0 spiro atoms. The molecule has 2 aromatic heterocycles. The molecular formula is C26H29N5O4S. The quantitative estimate of drug-likeness (QED) is 0.564. The fraction of sp³-hybridized carbons (Fsp3) is 0.346. The van der Waals surface area contributed by atoms with Gasteiger partial charge in [0.05, 0.1) is 18.7 Å². The summed E-state index contributed by atoms with van der Waals surface area (Å²) >= 11 is 1.51. The van der Waals surface area contributed by atoms with E-state index in [0.29, 0.717) is 51.2 Å². The van der Waals surface area contributed by atoms with Crippen LogP contribution in [0.3, 0.4) is 0 Å². The summed E-state index contributed by atoms with van der Waals surface area (Å²) in [6.07, 6.45) is 3.15. The number of fused-ring (bicyclic) bond motifs is 1. The number of nitrogens with zero attached hydrogens (tertiary/aromatic N) is 3. The van der Waals surface area contributed by atoms with Crippen LogP contribution in [0.1, 0.15) is 35.4 Å². The molecule has 0 saturated heterocycles. The average molecular weight is 508 g/mol. The highest BCUT2D eigenvalue weighted by Crippen LogP contribution is 2.23. The summed E-state index contributed by atoms with van der Waals surface area (Å²) in [4.78, 5) is 48.5. The lowest BCUT2D eigenvalue weighted by Crippen LogP contribution is -2.37. The summed E-state index contributed by atoms with van der Waals surface area (Å²) < 4.78 is 5.65. The number of hydrogen-bond donors (Lipinski definition) is 2. The van der Waals surface area contributed by atoms with Crippen molar-refractivity contribution < 1.29 is 19.1 Å². The van der Waals surface area contributed by atoms with Crippen LogP contribution >= 0.6 is 11.3 Å². The third-order valence-electron chi connectivity index (χ3n) is 5.65. The molecular weight excluding hydrogens is 478 g/mol. The molecule has 0 saturated carbocycles. The third-order valence-corrected chi connectivity index (χ3v) is 6.59. The molecule has 0 fully saturated rings. The fourth-order valence-electron chi connectivity index (χ4n) is 3.83. The molecule has 3 heterocycles. The number of aromatic nitrogens is 2. The van der Waals surface area contributed by atoms with Crippen LogP contribution < -0.4 is 15.4 Å². The van der Waals surface area contributed by atoms with Crippen molar-refractivity contribution in [2.75, 3.05) is 32.8 Å². The topological polar surface area (TPSA) is 114 Å². The van der Waals surface area contributed by atoms with E-state index in [4.69, 9.17) is 4.74 Å². The molecule has 3 amide bonds. The van der Waals surface area contributed by atoms with Crippen molar-refractivity contribution in [2.24, 2.45) is 0 Å². The fourth-order valence-corrected chi connectivity index (χ4v) is 4.66. The van der Waals surface area contributed by atoms with Gasteiger partial charge in [-0.3, -0.25) is 14.4 Å². The monoisotopic (exact) mass is 507 g/mol. The first-order valence-corrected chi connectivity index (χ1v) is 12.9. The van der Waals surface area contributed by atoms with Gasteiger partial charge < -0.3 is 20.3 Å². The normalized spacial score (nSPS) is 15.8. The number of ether oxygens (including phenoxy) is 1. The smallest absolute Gasteiger partial charge is 0.273 e. The molecule has 1 aliphatic heterocycles. The maximum absolute atomic E-state index is 13.1. The van der Waals surface area contributed by atoms with Crippen molar-refractivity contribution in [1.82, 2.24) is 25.5 Å². The molecule has 1 aromatic carbocycles. The number of amides is 3. The molecule has 0 bridgehead atoms. The lowest BCUT2D eigenvalue weighted by Gasteiger charge is -2.23. The number of pyridine rings is 1. The Morgan fingerprint density at radius 3 is 2.72 bits per heavy atom. The van der Waals surface area contributed by atoms with Crippen molar-refractivity contribution in [3.8, 4) is 16.3 Å². The van der Waals surface area contributed by atoms with Gasteiger partial charge >= 0.3 is 0 Å². The van der Waals surface area contributed by atoms with Gasteiger partial charge in [-0.1, -0.05) is 30.3 Å². The molecule has 4 rings (SSSR count). The summed E-state index contributed by atoms with van der Waals surface area (Å²) in [6.45, 7) is 1.83. The largest absolute Gasteiger partial charge is 0.489 e. The van der Waals surface area contributed by atoms with Gasteiger partial charge in [0.15, 0.2) is 11.4 Å². The summed E-state index contributed by atoms with van der Waals surface area (Å²) in [5.41, 5.74) is 1.95. The Balaban J connectivity index is 1.40. The molecule has 0 radical (unpaired) electrons. The van der Waals surface area contributed by atoms with Crippen LogP contribution in [0, 0.1) is 0 Å². The Bertz CT molecular complexity index is 1180. The maximum Gasteiger partial charge on any atom is 0.273 e. The van der Waals surface area contributed by atoms with E-state index < -0.39 is 0 Å². The van der Waals surface area contributed by atoms with Gasteiger partial charge in [0, 0.05) is 43.2 Å². The van der Waals surface area contributed by atoms with Gasteiger partial charge in [0.1, 0.15) is 11.6 Å². The molecule has 0 atom stereocenters. The Labute approximate surface area is 213 Å². The first-order valence-electron chi connectivity index (χ1n) is 12.0. The zero-order chi connectivity index (χ0) is 25.2. The minimum atomic E-state index is -0.337. The number of benzene rings is 1. The second kappa shape index (κ2) is 12.8. The molecule has 0 unspecified atom stereocenters. The third kappa shape index (κ3) is 7.11. The number of hydrogen-bond acceptors (Lipinski definition) is 7. The standard InChI is InChI=1S/C26H29N5O4S/c32-22-10-5-14-31(23(33)17-20-18-36-26(30-20)19-7-2-1-3-8-19)15-6-12-29-25(34)24-21(9-4-11-28-24)35-16-13-27-22/h1-4,7-9,11,18H,5-6,10,12-17H2,(H,27,32)(H,29,34). The zero-order valence-corrected chi connectivity index (χ0v) is 20.8. The molecule has 36 heavy (non-hydrogen) atoms. The lowest BCUT2D eigenvalue weighted by molar-refractivity contribution is -0.131. The predicted molar refractivity (Wildman–Crippen MR) is 137 cm³/mol. The van der Waals surface area contributed by atoms with Crippen molar-refractivity contribution >= 4 is 29.1 Å². The van der Waals surface area contributed by atoms with E-state index in [1.54, 1.807) is 17.0 Å². The van der Waals surface area contributed by atoms with E-state index in [2.05, 4.69) is 20.6 Å². The van der Waals surface area contributed by atoms with Crippen LogP contribution in [-0.4, -0.2) is 65.4 Å². The lowest BCUT2D eigenvalue weighted by atomic mass is 10.2. The average Bonchev–Trinajstić information content (AvgIpc) is 3.36. The number of carbonyl (C=O) groups is 3. The summed E-state index contributed by atoms with van der Waals surface area (Å²) in [5.74, 6) is -0.121. The molecule has 188 valence electrons. The van der Waals surface area contributed by atoms with E-state index in [1.165, 1.54) is 17.5 Å². The van der Waals surface area contributed by atoms with Crippen molar-refractivity contribution in [2.45, 2.75) is 25.7 Å². The van der Waals surface area contributed by atoms with Gasteiger partial charge in [-0.05, 0) is 25.0 Å². The summed E-state index contributed by atoms with van der Waals surface area (Å²) in [5, 5.41) is 8.46. The van der Waals surface area contributed by atoms with Crippen LogP contribution in [0.25, 0.3) is 10.6 Å². The van der Waals surface area contributed by atoms with Crippen molar-refractivity contribution in [1.29, 1.82) is 0 Å². The minimum absolute atomic E-state index is 0.0480. The highest BCUT2D eigenvalue weighted by atomic mass is 32.1. The molecule has 10 heteroatoms. The molecule has 9 nitrogen and oxygen atoms in total. The highest BCUT2D eigenvalue weighted by Gasteiger charge is 2.18. The van der Waals surface area contributed by atoms with Gasteiger partial charge in [-0.25, -0.2) is 9.97 Å². The van der Waals surface area contributed by atoms with Crippen LogP contribution in [0.15, 0.2) is 54.0 Å². The van der Waals surface area contributed by atoms with Crippen LogP contribution in [0.4, 0.5) is 0 Å². The van der Waals surface area contributed by atoms with Gasteiger partial charge in [-0.2, -0.15) is 0 Å². The SMILES string of the molecule is O=C1CCCN(C(=O)Cc2csc(-c3ccccc3)n2)CCCNC(=O)c2ncccc2OCCN1. The van der Waals surface area contributed by atoms with Crippen molar-refractivity contribution in [3.63, 3.8) is 0 Å². The summed E-state index contributed by atoms with van der Waals surface area (Å²) in [6, 6.07) is 13.2. The maximum atomic E-state index is 13.1. The molecule has 3 aromatic rings. The summed E-state index contributed by atoms with van der Waals surface area (Å²) in [7, 11) is 0. The Morgan fingerprint density at radius 2 is 1.86 bits per heavy atom. The minimum Gasteiger partial charge on any atom is -0.489 e. The molecule has 0 aliphatic carbocycles. The Hall–Kier alpha value is -3.79. The molecule has 1 aliphatic rings. The Kier molecular flexibility index (Phi) is 8.98. The van der Waals surface area contributed by atoms with Gasteiger partial charge in [0.2, 0.25) is 11.8 Å². The van der Waals surface area contributed by atoms with Crippen molar-refractivity contribution in [3.05, 3.63) is 65.4 Å². The van der Waals surface area contributed by atoms with Gasteiger partial charge in [-0.15, -0.1) is 11.3 Å². The number of carbonyl (C=O) groups excluding carboxylic acids is 3. The van der Waals surface area contributed by atoms with E-state index in [-0.39, 0.29) is 36.4 Å². The van der Waals surface area contributed by atoms with E-state index >= 15 is 0 Å². The van der Waals surface area contributed by atoms with Crippen LogP contribution in [-0.2, 0) is 16.0 Å². The van der Waals surface area contributed by atoms with E-state index in [0.717, 1.165) is 16.3 Å².